The largest absolute Gasteiger partial charge is 0.313 e. The van der Waals surface area contributed by atoms with Crippen LogP contribution in [0.15, 0.2) is 12.1 Å². The highest BCUT2D eigenvalue weighted by atomic mass is 31.0. The van der Waals surface area contributed by atoms with Crippen molar-refractivity contribution in [2.24, 2.45) is 0 Å². The van der Waals surface area contributed by atoms with Gasteiger partial charge in [0, 0.05) is 17.2 Å². The molecule has 2 saturated heterocycles. The fraction of sp³-hybridized carbons (Fsp3) is 0.739. The van der Waals surface area contributed by atoms with Gasteiger partial charge in [0.15, 0.2) is 0 Å². The molecular weight excluding hydrogens is 394 g/mol. The SMILES string of the molecule is CC(C)(C)c1c([Si](C)(C)C)ccc(CP)c1C(P)(C1CCCN1)C1CCCN1. The Hall–Kier alpha value is 0.217. The Labute approximate surface area is 179 Å². The predicted molar refractivity (Wildman–Crippen MR) is 135 cm³/mol. The lowest BCUT2D eigenvalue weighted by Crippen LogP contribution is -2.55. The zero-order valence-electron chi connectivity index (χ0n) is 18.9. The normalized spacial score (nSPS) is 25.9. The molecule has 3 rings (SSSR count). The highest BCUT2D eigenvalue weighted by Crippen LogP contribution is 2.49. The third-order valence-electron chi connectivity index (χ3n) is 6.78. The highest BCUT2D eigenvalue weighted by molar-refractivity contribution is 7.19. The van der Waals surface area contributed by atoms with Crippen molar-refractivity contribution < 1.29 is 0 Å². The van der Waals surface area contributed by atoms with Gasteiger partial charge in [0.1, 0.15) is 0 Å². The van der Waals surface area contributed by atoms with Crippen molar-refractivity contribution in [1.82, 2.24) is 10.6 Å². The van der Waals surface area contributed by atoms with Crippen molar-refractivity contribution in [2.75, 3.05) is 13.1 Å². The van der Waals surface area contributed by atoms with Crippen LogP contribution in [0.25, 0.3) is 0 Å². The van der Waals surface area contributed by atoms with Gasteiger partial charge in [-0.2, -0.15) is 0 Å². The molecule has 0 bridgehead atoms. The van der Waals surface area contributed by atoms with Crippen molar-refractivity contribution in [2.45, 2.75) is 94.9 Å². The Balaban J connectivity index is 2.35. The van der Waals surface area contributed by atoms with E-state index in [0.717, 1.165) is 19.3 Å². The second kappa shape index (κ2) is 8.39. The van der Waals surface area contributed by atoms with Crippen molar-refractivity contribution in [3.8, 4) is 0 Å². The predicted octanol–water partition coefficient (Wildman–Crippen LogP) is 4.48. The molecule has 158 valence electrons. The molecule has 0 aliphatic carbocycles. The van der Waals surface area contributed by atoms with Crippen molar-refractivity contribution in [1.29, 1.82) is 0 Å². The molecule has 28 heavy (non-hydrogen) atoms. The highest BCUT2D eigenvalue weighted by Gasteiger charge is 2.48. The van der Waals surface area contributed by atoms with Crippen molar-refractivity contribution in [3.05, 3.63) is 28.8 Å². The first kappa shape index (κ1) is 22.9. The van der Waals surface area contributed by atoms with E-state index < -0.39 is 8.07 Å². The summed E-state index contributed by atoms with van der Waals surface area (Å²) in [6, 6.07) is 5.99. The molecule has 2 N–H and O–H groups in total. The number of hydrogen-bond acceptors (Lipinski definition) is 2. The molecule has 2 nitrogen and oxygen atoms in total. The van der Waals surface area contributed by atoms with E-state index in [1.807, 2.05) is 0 Å². The summed E-state index contributed by atoms with van der Waals surface area (Å²) in [5.41, 5.74) is 4.94. The lowest BCUT2D eigenvalue weighted by atomic mass is 9.72. The van der Waals surface area contributed by atoms with E-state index in [1.165, 1.54) is 31.2 Å². The Morgan fingerprint density at radius 2 is 1.50 bits per heavy atom. The molecule has 0 amide bonds. The van der Waals surface area contributed by atoms with Gasteiger partial charge in [-0.15, -0.1) is 18.5 Å². The second-order valence-electron chi connectivity index (χ2n) is 11.0. The average Bonchev–Trinajstić information content (AvgIpc) is 3.31. The van der Waals surface area contributed by atoms with E-state index in [2.05, 4.69) is 81.7 Å². The molecule has 4 unspecified atom stereocenters. The molecule has 2 heterocycles. The number of rotatable bonds is 5. The molecule has 2 aliphatic rings. The number of benzene rings is 1. The van der Waals surface area contributed by atoms with E-state index in [4.69, 9.17) is 0 Å². The molecular formula is C23H42N2P2Si. The molecule has 1 aromatic carbocycles. The Bertz CT molecular complexity index is 678. The molecule has 0 aromatic heterocycles. The third kappa shape index (κ3) is 4.17. The summed E-state index contributed by atoms with van der Waals surface area (Å²) in [7, 11) is 4.97. The first-order valence-corrected chi connectivity index (χ1v) is 16.0. The third-order valence-corrected chi connectivity index (χ3v) is 10.3. The van der Waals surface area contributed by atoms with Crippen LogP contribution in [0.4, 0.5) is 0 Å². The van der Waals surface area contributed by atoms with Gasteiger partial charge in [-0.05, 0) is 67.0 Å². The molecule has 4 atom stereocenters. The maximum absolute atomic E-state index is 3.90. The summed E-state index contributed by atoms with van der Waals surface area (Å²) >= 11 is 0. The van der Waals surface area contributed by atoms with Crippen molar-refractivity contribution >= 4 is 31.7 Å². The van der Waals surface area contributed by atoms with Gasteiger partial charge < -0.3 is 10.6 Å². The van der Waals surface area contributed by atoms with Gasteiger partial charge in [0.25, 0.3) is 0 Å². The van der Waals surface area contributed by atoms with Gasteiger partial charge in [0.2, 0.25) is 0 Å². The Morgan fingerprint density at radius 3 is 1.86 bits per heavy atom. The van der Waals surface area contributed by atoms with Crippen molar-refractivity contribution in [3.63, 3.8) is 0 Å². The molecule has 0 radical (unpaired) electrons. The van der Waals surface area contributed by atoms with Gasteiger partial charge in [0.05, 0.1) is 8.07 Å². The fourth-order valence-electron chi connectivity index (χ4n) is 5.49. The molecule has 2 aliphatic heterocycles. The van der Waals surface area contributed by atoms with E-state index in [0.29, 0.717) is 12.1 Å². The molecule has 5 heteroatoms. The van der Waals surface area contributed by atoms with Crippen LogP contribution in [0.3, 0.4) is 0 Å². The molecule has 0 saturated carbocycles. The first-order chi connectivity index (χ1) is 13.0. The zero-order valence-corrected chi connectivity index (χ0v) is 22.2. The molecule has 1 aromatic rings. The minimum absolute atomic E-state index is 0.0528. The lowest BCUT2D eigenvalue weighted by molar-refractivity contribution is 0.346. The van der Waals surface area contributed by atoms with Crippen LogP contribution in [0.1, 0.15) is 63.1 Å². The van der Waals surface area contributed by atoms with E-state index in [-0.39, 0.29) is 10.6 Å². The fourth-order valence-corrected chi connectivity index (χ4v) is 8.56. The summed E-state index contributed by atoms with van der Waals surface area (Å²) in [5.74, 6) is 0. The smallest absolute Gasteiger partial charge is 0.0779 e. The van der Waals surface area contributed by atoms with Crippen LogP contribution in [0.2, 0.25) is 19.6 Å². The minimum Gasteiger partial charge on any atom is -0.313 e. The van der Waals surface area contributed by atoms with Crippen LogP contribution in [-0.2, 0) is 16.7 Å². The van der Waals surface area contributed by atoms with Crippen LogP contribution < -0.4 is 15.8 Å². The van der Waals surface area contributed by atoms with E-state index >= 15 is 0 Å². The van der Waals surface area contributed by atoms with Gasteiger partial charge in [-0.3, -0.25) is 0 Å². The van der Waals surface area contributed by atoms with Crippen LogP contribution in [0, 0.1) is 0 Å². The molecule has 0 spiro atoms. The average molecular weight is 437 g/mol. The summed E-state index contributed by atoms with van der Waals surface area (Å²) < 4.78 is 0. The van der Waals surface area contributed by atoms with E-state index in [1.54, 1.807) is 16.3 Å². The maximum Gasteiger partial charge on any atom is 0.0779 e. The Kier molecular flexibility index (Phi) is 6.86. The zero-order chi connectivity index (χ0) is 20.7. The van der Waals surface area contributed by atoms with Crippen LogP contribution in [-0.4, -0.2) is 33.2 Å². The van der Waals surface area contributed by atoms with Gasteiger partial charge in [-0.1, -0.05) is 57.7 Å². The molecule has 2 fully saturated rings. The second-order valence-corrected chi connectivity index (χ2v) is 17.4. The summed E-state index contributed by atoms with van der Waals surface area (Å²) in [6.07, 6.45) is 6.17. The minimum atomic E-state index is -1.47. The number of hydrogen-bond donors (Lipinski definition) is 2. The standard InChI is InChI=1S/C23H42N2P2Si/c1-22(2,3)21-17(28(4,5)6)12-11-16(15-26)20(21)23(27,18-9-7-13-24-18)19-10-8-14-25-19/h11-12,18-19,24-25H,7-10,13-15,26-27H2,1-6H3. The van der Waals surface area contributed by atoms with Crippen LogP contribution in [0.5, 0.6) is 0 Å². The van der Waals surface area contributed by atoms with Gasteiger partial charge in [-0.25, -0.2) is 0 Å². The monoisotopic (exact) mass is 436 g/mol. The quantitative estimate of drug-likeness (QED) is 0.525. The van der Waals surface area contributed by atoms with Crippen LogP contribution >= 0.6 is 18.5 Å². The van der Waals surface area contributed by atoms with Gasteiger partial charge >= 0.3 is 0 Å². The summed E-state index contributed by atoms with van der Waals surface area (Å²) in [5, 5.41) is 9.51. The summed E-state index contributed by atoms with van der Waals surface area (Å²) in [4.78, 5) is 0. The van der Waals surface area contributed by atoms with E-state index in [9.17, 15) is 0 Å². The maximum atomic E-state index is 3.90. The Morgan fingerprint density at radius 1 is 0.964 bits per heavy atom. The lowest BCUT2D eigenvalue weighted by Gasteiger charge is -2.46. The topological polar surface area (TPSA) is 24.1 Å². The summed E-state index contributed by atoms with van der Waals surface area (Å²) in [6.45, 7) is 17.1. The first-order valence-electron chi connectivity index (χ1n) is 11.1. The number of nitrogens with one attached hydrogen (secondary N) is 2.